The van der Waals surface area contributed by atoms with Crippen molar-refractivity contribution in [3.05, 3.63) is 22.3 Å². The van der Waals surface area contributed by atoms with Gasteiger partial charge in [-0.15, -0.1) is 0 Å². The van der Waals surface area contributed by atoms with Gasteiger partial charge in [-0.25, -0.2) is 0 Å². The van der Waals surface area contributed by atoms with Crippen molar-refractivity contribution in [2.24, 2.45) is 0 Å². The standard InChI is InChI=1S/C46H84N2O2/c1-5-9-13-17-19-21-23-25-27-29-33-41-43-37-47(35-31-15-11-7-3)40-50-46(43)42(34-30-28-26-24-22-20-18-14-10-6-2)44-38-48(39-49-45(41)44)36-32-16-12-8-4/h5-40H2,1-4H3. The van der Waals surface area contributed by atoms with E-state index >= 15 is 0 Å². The molecule has 1 aromatic rings. The summed E-state index contributed by atoms with van der Waals surface area (Å²) in [5, 5.41) is 0. The molecule has 0 amide bonds. The summed E-state index contributed by atoms with van der Waals surface area (Å²) in [6.07, 6.45) is 40.4. The topological polar surface area (TPSA) is 24.9 Å². The van der Waals surface area contributed by atoms with Gasteiger partial charge in [-0.3, -0.25) is 9.80 Å². The van der Waals surface area contributed by atoms with Crippen molar-refractivity contribution in [2.75, 3.05) is 26.6 Å². The zero-order valence-electron chi connectivity index (χ0n) is 34.2. The van der Waals surface area contributed by atoms with Gasteiger partial charge in [0.15, 0.2) is 0 Å². The van der Waals surface area contributed by atoms with Crippen LogP contribution in [-0.4, -0.2) is 36.4 Å². The number of rotatable bonds is 32. The molecule has 4 nitrogen and oxygen atoms in total. The Bertz CT molecular complexity index is 900. The molecule has 0 N–H and O–H groups in total. The van der Waals surface area contributed by atoms with Gasteiger partial charge >= 0.3 is 0 Å². The van der Waals surface area contributed by atoms with E-state index in [1.165, 1.54) is 214 Å². The van der Waals surface area contributed by atoms with Crippen molar-refractivity contribution in [1.29, 1.82) is 0 Å². The number of fused-ring (bicyclic) bond motifs is 2. The first-order valence-corrected chi connectivity index (χ1v) is 22.6. The van der Waals surface area contributed by atoms with Gasteiger partial charge < -0.3 is 9.47 Å². The molecule has 2 heterocycles. The maximum Gasteiger partial charge on any atom is 0.142 e. The summed E-state index contributed by atoms with van der Waals surface area (Å²) in [6.45, 7) is 15.1. The fraction of sp³-hybridized carbons (Fsp3) is 0.870. The zero-order valence-corrected chi connectivity index (χ0v) is 34.2. The van der Waals surface area contributed by atoms with Crippen molar-refractivity contribution in [1.82, 2.24) is 9.80 Å². The van der Waals surface area contributed by atoms with Crippen LogP contribution in [0.25, 0.3) is 0 Å². The minimum atomic E-state index is 0.752. The minimum Gasteiger partial charge on any atom is -0.477 e. The summed E-state index contributed by atoms with van der Waals surface area (Å²) in [4.78, 5) is 5.17. The summed E-state index contributed by atoms with van der Waals surface area (Å²) in [5.41, 5.74) is 5.98. The summed E-state index contributed by atoms with van der Waals surface area (Å²) in [5.74, 6) is 2.53. The summed E-state index contributed by atoms with van der Waals surface area (Å²) in [6, 6.07) is 0. The molecule has 3 rings (SSSR count). The Kier molecular flexibility index (Phi) is 24.4. The average molecular weight is 697 g/mol. The van der Waals surface area contributed by atoms with E-state index in [-0.39, 0.29) is 0 Å². The largest absolute Gasteiger partial charge is 0.477 e. The van der Waals surface area contributed by atoms with Gasteiger partial charge in [0.25, 0.3) is 0 Å². The predicted molar refractivity (Wildman–Crippen MR) is 218 cm³/mol. The normalized spacial score (nSPS) is 14.8. The Morgan fingerprint density at radius 2 is 0.640 bits per heavy atom. The van der Waals surface area contributed by atoms with Gasteiger partial charge in [-0.2, -0.15) is 0 Å². The van der Waals surface area contributed by atoms with Crippen molar-refractivity contribution in [3.8, 4) is 11.5 Å². The minimum absolute atomic E-state index is 0.752. The number of benzene rings is 1. The van der Waals surface area contributed by atoms with E-state index in [4.69, 9.17) is 9.47 Å². The van der Waals surface area contributed by atoms with Gasteiger partial charge in [0.05, 0.1) is 0 Å². The third-order valence-corrected chi connectivity index (χ3v) is 11.6. The number of nitrogens with zero attached hydrogens (tertiary/aromatic N) is 2. The average Bonchev–Trinajstić information content (AvgIpc) is 3.13. The van der Waals surface area contributed by atoms with Gasteiger partial charge in [0.1, 0.15) is 25.0 Å². The second-order valence-corrected chi connectivity index (χ2v) is 16.2. The number of hydrogen-bond donors (Lipinski definition) is 0. The van der Waals surface area contributed by atoms with Crippen LogP contribution in [-0.2, 0) is 25.9 Å². The first-order chi connectivity index (χ1) is 24.7. The predicted octanol–water partition coefficient (Wildman–Crippen LogP) is 14.1. The fourth-order valence-electron chi connectivity index (χ4n) is 8.36. The molecule has 0 radical (unpaired) electrons. The second-order valence-electron chi connectivity index (χ2n) is 16.2. The lowest BCUT2D eigenvalue weighted by atomic mass is 9.88. The van der Waals surface area contributed by atoms with Crippen LogP contribution < -0.4 is 9.47 Å². The van der Waals surface area contributed by atoms with Crippen molar-refractivity contribution >= 4 is 0 Å². The highest BCUT2D eigenvalue weighted by Gasteiger charge is 2.32. The van der Waals surface area contributed by atoms with Crippen LogP contribution in [0.1, 0.15) is 230 Å². The zero-order chi connectivity index (χ0) is 35.5. The Hall–Kier alpha value is -1.26. The molecule has 50 heavy (non-hydrogen) atoms. The van der Waals surface area contributed by atoms with Gasteiger partial charge in [0, 0.05) is 48.4 Å². The smallest absolute Gasteiger partial charge is 0.142 e. The van der Waals surface area contributed by atoms with Gasteiger partial charge in [0.2, 0.25) is 0 Å². The molecular weight excluding hydrogens is 613 g/mol. The van der Waals surface area contributed by atoms with Gasteiger partial charge in [-0.1, -0.05) is 182 Å². The molecule has 1 aromatic carbocycles. The molecule has 2 aliphatic heterocycles. The van der Waals surface area contributed by atoms with Crippen molar-refractivity contribution < 1.29 is 9.47 Å². The molecule has 0 aliphatic carbocycles. The Balaban J connectivity index is 1.71. The lowest BCUT2D eigenvalue weighted by Crippen LogP contribution is -2.37. The van der Waals surface area contributed by atoms with Crippen molar-refractivity contribution in [3.63, 3.8) is 0 Å². The molecule has 4 heteroatoms. The Morgan fingerprint density at radius 1 is 0.360 bits per heavy atom. The summed E-state index contributed by atoms with van der Waals surface area (Å²) >= 11 is 0. The molecule has 0 spiro atoms. The highest BCUT2D eigenvalue weighted by Crippen LogP contribution is 2.45. The number of ether oxygens (including phenoxy) is 2. The van der Waals surface area contributed by atoms with Crippen molar-refractivity contribution in [2.45, 2.75) is 233 Å². The third kappa shape index (κ3) is 16.6. The SMILES string of the molecule is CCCCCCCCCCCCc1c2c(c(CCCCCCCCCCCC)c3c1OCN(CCCCCC)C3)OCN(CCCCCC)C2. The maximum absolute atomic E-state index is 6.87. The van der Waals surface area contributed by atoms with E-state index in [1.54, 1.807) is 0 Å². The molecule has 0 bridgehead atoms. The molecule has 0 unspecified atom stereocenters. The molecule has 0 saturated heterocycles. The highest BCUT2D eigenvalue weighted by molar-refractivity contribution is 5.60. The first kappa shape index (κ1) is 43.1. The first-order valence-electron chi connectivity index (χ1n) is 22.6. The number of unbranched alkanes of at least 4 members (excludes halogenated alkanes) is 24. The van der Waals surface area contributed by atoms with Crippen LogP contribution in [0.3, 0.4) is 0 Å². The summed E-state index contributed by atoms with van der Waals surface area (Å²) < 4.78 is 13.7. The Labute approximate surface area is 312 Å². The lowest BCUT2D eigenvalue weighted by molar-refractivity contribution is 0.0800. The Morgan fingerprint density at radius 3 is 0.960 bits per heavy atom. The van der Waals surface area contributed by atoms with E-state index < -0.39 is 0 Å². The number of hydrogen-bond acceptors (Lipinski definition) is 4. The highest BCUT2D eigenvalue weighted by atomic mass is 16.5. The van der Waals surface area contributed by atoms with E-state index in [0.29, 0.717) is 0 Å². The van der Waals surface area contributed by atoms with Crippen LogP contribution in [0.15, 0.2) is 0 Å². The molecule has 0 fully saturated rings. The molecular formula is C46H84N2O2. The molecule has 0 atom stereocenters. The maximum atomic E-state index is 6.87. The quantitative estimate of drug-likeness (QED) is 0.0700. The van der Waals surface area contributed by atoms with Gasteiger partial charge in [-0.05, 0) is 38.5 Å². The molecule has 2 aliphatic rings. The van der Waals surface area contributed by atoms with Crippen LogP contribution in [0.2, 0.25) is 0 Å². The van der Waals surface area contributed by atoms with E-state index in [0.717, 1.165) is 52.5 Å². The van der Waals surface area contributed by atoms with Crippen LogP contribution in [0.5, 0.6) is 11.5 Å². The molecule has 0 saturated carbocycles. The second kappa shape index (κ2) is 28.3. The molecule has 0 aromatic heterocycles. The van der Waals surface area contributed by atoms with Crippen LogP contribution >= 0.6 is 0 Å². The van der Waals surface area contributed by atoms with E-state index in [1.807, 2.05) is 0 Å². The third-order valence-electron chi connectivity index (χ3n) is 11.6. The molecule has 290 valence electrons. The van der Waals surface area contributed by atoms with Crippen LogP contribution in [0, 0.1) is 0 Å². The van der Waals surface area contributed by atoms with E-state index in [9.17, 15) is 0 Å². The summed E-state index contributed by atoms with van der Waals surface area (Å²) in [7, 11) is 0. The van der Waals surface area contributed by atoms with E-state index in [2.05, 4.69) is 37.5 Å². The fourth-order valence-corrected chi connectivity index (χ4v) is 8.36. The monoisotopic (exact) mass is 697 g/mol. The van der Waals surface area contributed by atoms with Crippen LogP contribution in [0.4, 0.5) is 0 Å². The lowest BCUT2D eigenvalue weighted by Gasteiger charge is -2.38.